The van der Waals surface area contributed by atoms with Crippen molar-refractivity contribution >= 4 is 28.7 Å². The van der Waals surface area contributed by atoms with E-state index >= 15 is 0 Å². The van der Waals surface area contributed by atoms with Gasteiger partial charge in [-0.3, -0.25) is 0 Å². The summed E-state index contributed by atoms with van der Waals surface area (Å²) >= 11 is 0. The molecule has 0 bridgehead atoms. The van der Waals surface area contributed by atoms with E-state index in [0.717, 1.165) is 22.6 Å². The largest absolute Gasteiger partial charge is 0.311 e. The maximum absolute atomic E-state index is 2.29. The molecule has 0 amide bonds. The minimum Gasteiger partial charge on any atom is -0.311 e. The van der Waals surface area contributed by atoms with Gasteiger partial charge in [-0.2, -0.15) is 0 Å². The van der Waals surface area contributed by atoms with Crippen molar-refractivity contribution in [3.05, 3.63) is 187 Å². The summed E-state index contributed by atoms with van der Waals surface area (Å²) in [5.41, 5.74) is 10.6. The zero-order valence-corrected chi connectivity index (χ0v) is 21.7. The molecule has 0 aromatic heterocycles. The molecule has 0 atom stereocenters. The smallest absolute Gasteiger partial charge is 0.0462 e. The van der Waals surface area contributed by atoms with Gasteiger partial charge in [-0.1, -0.05) is 133 Å². The van der Waals surface area contributed by atoms with Crippen molar-refractivity contribution in [2.75, 3.05) is 4.90 Å². The molecule has 0 spiro atoms. The molecule has 6 aromatic carbocycles. The maximum atomic E-state index is 2.29. The molecular weight excluding hydrogens is 470 g/mol. The Bertz CT molecular complexity index is 1600. The van der Waals surface area contributed by atoms with Gasteiger partial charge in [0, 0.05) is 17.1 Å². The topological polar surface area (TPSA) is 3.24 Å². The zero-order chi connectivity index (χ0) is 26.3. The summed E-state index contributed by atoms with van der Waals surface area (Å²) < 4.78 is 0. The van der Waals surface area contributed by atoms with Gasteiger partial charge in [0.25, 0.3) is 0 Å². The van der Waals surface area contributed by atoms with Crippen LogP contribution in [0, 0.1) is 0 Å². The van der Waals surface area contributed by atoms with Gasteiger partial charge in [-0.05, 0) is 75.9 Å². The highest BCUT2D eigenvalue weighted by molar-refractivity contribution is 5.92. The lowest BCUT2D eigenvalue weighted by molar-refractivity contribution is 1.28. The zero-order valence-electron chi connectivity index (χ0n) is 21.7. The lowest BCUT2D eigenvalue weighted by atomic mass is 9.94. The number of nitrogens with zero attached hydrogens (tertiary/aromatic N) is 1. The lowest BCUT2D eigenvalue weighted by Crippen LogP contribution is -2.09. The molecule has 0 aliphatic heterocycles. The van der Waals surface area contributed by atoms with Crippen LogP contribution in [0.4, 0.5) is 17.1 Å². The fourth-order valence-electron chi connectivity index (χ4n) is 4.91. The van der Waals surface area contributed by atoms with Crippen LogP contribution >= 0.6 is 0 Å². The second-order valence-corrected chi connectivity index (χ2v) is 9.47. The van der Waals surface area contributed by atoms with Crippen molar-refractivity contribution in [1.82, 2.24) is 0 Å². The SMILES string of the molecule is C(=C(c1ccccc1)c1ccc(-c2ccccc2)cc1)c1ccc(N(c2ccccc2)c2ccccc2)cc1. The van der Waals surface area contributed by atoms with Crippen molar-refractivity contribution < 1.29 is 0 Å². The van der Waals surface area contributed by atoms with E-state index in [1.807, 2.05) is 0 Å². The van der Waals surface area contributed by atoms with Gasteiger partial charge in [0.05, 0.1) is 0 Å². The quantitative estimate of drug-likeness (QED) is 0.197. The summed E-state index contributed by atoms with van der Waals surface area (Å²) in [6, 6.07) is 59.8. The summed E-state index contributed by atoms with van der Waals surface area (Å²) in [6.07, 6.45) is 2.28. The second kappa shape index (κ2) is 11.5. The van der Waals surface area contributed by atoms with Crippen LogP contribution in [0.5, 0.6) is 0 Å². The molecule has 0 aliphatic carbocycles. The number of anilines is 3. The number of rotatable bonds is 7. The first-order valence-corrected chi connectivity index (χ1v) is 13.3. The molecule has 0 aliphatic rings. The normalized spacial score (nSPS) is 11.2. The molecule has 0 fully saturated rings. The number of para-hydroxylation sites is 2. The van der Waals surface area contributed by atoms with E-state index in [2.05, 4.69) is 181 Å². The molecule has 6 aromatic rings. The molecular formula is C38H29N. The molecule has 0 heterocycles. The second-order valence-electron chi connectivity index (χ2n) is 9.47. The molecule has 6 rings (SSSR count). The van der Waals surface area contributed by atoms with Gasteiger partial charge in [0.1, 0.15) is 0 Å². The van der Waals surface area contributed by atoms with Crippen LogP contribution in [0.2, 0.25) is 0 Å². The minimum absolute atomic E-state index is 1.12. The predicted molar refractivity (Wildman–Crippen MR) is 166 cm³/mol. The van der Waals surface area contributed by atoms with Crippen LogP contribution in [0.1, 0.15) is 16.7 Å². The molecule has 1 nitrogen and oxygen atoms in total. The monoisotopic (exact) mass is 499 g/mol. The highest BCUT2D eigenvalue weighted by Crippen LogP contribution is 2.35. The molecule has 0 radical (unpaired) electrons. The average molecular weight is 500 g/mol. The first kappa shape index (κ1) is 24.2. The Labute approximate surface area is 231 Å². The number of hydrogen-bond acceptors (Lipinski definition) is 1. The van der Waals surface area contributed by atoms with Gasteiger partial charge in [0.2, 0.25) is 0 Å². The first-order valence-electron chi connectivity index (χ1n) is 13.3. The van der Waals surface area contributed by atoms with Crippen molar-refractivity contribution in [2.24, 2.45) is 0 Å². The van der Waals surface area contributed by atoms with Gasteiger partial charge in [-0.15, -0.1) is 0 Å². The van der Waals surface area contributed by atoms with E-state index in [1.165, 1.54) is 27.8 Å². The molecule has 0 saturated heterocycles. The Morgan fingerprint density at radius 2 is 0.769 bits per heavy atom. The van der Waals surface area contributed by atoms with E-state index in [9.17, 15) is 0 Å². The Morgan fingerprint density at radius 3 is 1.31 bits per heavy atom. The standard InChI is InChI=1S/C38H29N/c1-5-13-31(14-6-1)32-23-25-34(26-24-32)38(33-15-7-2-8-16-33)29-30-21-27-37(28-22-30)39(35-17-9-3-10-18-35)36-19-11-4-12-20-36/h1-29H. The van der Waals surface area contributed by atoms with E-state index in [4.69, 9.17) is 0 Å². The van der Waals surface area contributed by atoms with Gasteiger partial charge in [0.15, 0.2) is 0 Å². The van der Waals surface area contributed by atoms with Crippen LogP contribution in [0.3, 0.4) is 0 Å². The van der Waals surface area contributed by atoms with Crippen LogP contribution in [0.25, 0.3) is 22.8 Å². The number of benzene rings is 6. The summed E-state index contributed by atoms with van der Waals surface area (Å²) in [6.45, 7) is 0. The average Bonchev–Trinajstić information content (AvgIpc) is 3.03. The molecule has 0 N–H and O–H groups in total. The maximum Gasteiger partial charge on any atom is 0.0462 e. The van der Waals surface area contributed by atoms with Crippen molar-refractivity contribution in [3.63, 3.8) is 0 Å². The molecule has 0 unspecified atom stereocenters. The van der Waals surface area contributed by atoms with Gasteiger partial charge < -0.3 is 4.90 Å². The molecule has 39 heavy (non-hydrogen) atoms. The van der Waals surface area contributed by atoms with Crippen molar-refractivity contribution in [1.29, 1.82) is 0 Å². The number of hydrogen-bond donors (Lipinski definition) is 0. The van der Waals surface area contributed by atoms with Crippen LogP contribution in [-0.4, -0.2) is 0 Å². The third-order valence-electron chi connectivity index (χ3n) is 6.88. The van der Waals surface area contributed by atoms with Crippen LogP contribution < -0.4 is 4.90 Å². The summed E-state index contributed by atoms with van der Waals surface area (Å²) in [4.78, 5) is 2.29. The summed E-state index contributed by atoms with van der Waals surface area (Å²) in [7, 11) is 0. The highest BCUT2D eigenvalue weighted by Gasteiger charge is 2.12. The highest BCUT2D eigenvalue weighted by atomic mass is 15.1. The summed E-state index contributed by atoms with van der Waals surface area (Å²) in [5, 5.41) is 0. The van der Waals surface area contributed by atoms with Crippen molar-refractivity contribution in [3.8, 4) is 11.1 Å². The van der Waals surface area contributed by atoms with E-state index in [-0.39, 0.29) is 0 Å². The van der Waals surface area contributed by atoms with E-state index in [1.54, 1.807) is 0 Å². The Morgan fingerprint density at radius 1 is 0.359 bits per heavy atom. The Kier molecular flexibility index (Phi) is 7.14. The van der Waals surface area contributed by atoms with Crippen LogP contribution in [0.15, 0.2) is 170 Å². The van der Waals surface area contributed by atoms with E-state index < -0.39 is 0 Å². The van der Waals surface area contributed by atoms with Crippen LogP contribution in [-0.2, 0) is 0 Å². The first-order chi connectivity index (χ1) is 19.3. The Hall–Kier alpha value is -5.14. The molecule has 0 saturated carbocycles. The fraction of sp³-hybridized carbons (Fsp3) is 0. The molecule has 1 heteroatoms. The molecule has 186 valence electrons. The fourth-order valence-corrected chi connectivity index (χ4v) is 4.91. The third kappa shape index (κ3) is 5.58. The van der Waals surface area contributed by atoms with Crippen molar-refractivity contribution in [2.45, 2.75) is 0 Å². The summed E-state index contributed by atoms with van der Waals surface area (Å²) in [5.74, 6) is 0. The van der Waals surface area contributed by atoms with E-state index in [0.29, 0.717) is 0 Å². The third-order valence-corrected chi connectivity index (χ3v) is 6.88. The minimum atomic E-state index is 1.12. The lowest BCUT2D eigenvalue weighted by Gasteiger charge is -2.25. The Balaban J connectivity index is 1.37. The predicted octanol–water partition coefficient (Wildman–Crippen LogP) is 10.4. The van der Waals surface area contributed by atoms with Gasteiger partial charge >= 0.3 is 0 Å². The van der Waals surface area contributed by atoms with Gasteiger partial charge in [-0.25, -0.2) is 0 Å².